The van der Waals surface area contributed by atoms with Crippen LogP contribution in [0.2, 0.25) is 0 Å². The van der Waals surface area contributed by atoms with Crippen LogP contribution in [0.5, 0.6) is 0 Å². The van der Waals surface area contributed by atoms with Gasteiger partial charge in [-0.3, -0.25) is 9.48 Å². The minimum Gasteiger partial charge on any atom is -0.356 e. The molecule has 122 valence electrons. The van der Waals surface area contributed by atoms with E-state index in [2.05, 4.69) is 10.4 Å². The van der Waals surface area contributed by atoms with Crippen LogP contribution in [0.25, 0.3) is 10.9 Å². The number of sulfone groups is 1. The molecule has 0 saturated carbocycles. The van der Waals surface area contributed by atoms with Crippen molar-refractivity contribution in [3.63, 3.8) is 0 Å². The smallest absolute Gasteiger partial charge is 0.220 e. The van der Waals surface area contributed by atoms with E-state index >= 15 is 0 Å². The lowest BCUT2D eigenvalue weighted by Gasteiger charge is -2.08. The molecule has 0 bridgehead atoms. The van der Waals surface area contributed by atoms with E-state index in [1.165, 1.54) is 5.41 Å². The number of fused-ring (bicyclic) bond motifs is 1. The number of nitrogens with one attached hydrogen (secondary N) is 1. The summed E-state index contributed by atoms with van der Waals surface area (Å²) in [5, 5.41) is 9.48. The highest BCUT2D eigenvalue weighted by Gasteiger charge is 2.23. The molecule has 1 atom stereocenters. The van der Waals surface area contributed by atoms with Crippen molar-refractivity contribution in [1.29, 1.82) is 0 Å². The summed E-state index contributed by atoms with van der Waals surface area (Å²) in [5.74, 6) is -0.267. The van der Waals surface area contributed by atoms with E-state index < -0.39 is 9.84 Å². The van der Waals surface area contributed by atoms with Crippen LogP contribution in [0.15, 0.2) is 41.9 Å². The fourth-order valence-corrected chi connectivity index (χ4v) is 4.14. The number of aromatic nitrogens is 2. The molecule has 0 radical (unpaired) electrons. The maximum Gasteiger partial charge on any atom is 0.220 e. The second-order valence-corrected chi connectivity index (χ2v) is 7.68. The Morgan fingerprint density at radius 3 is 2.96 bits per heavy atom. The third-order valence-corrected chi connectivity index (χ3v) is 5.34. The molecule has 3 rings (SSSR count). The van der Waals surface area contributed by atoms with Gasteiger partial charge in [-0.15, -0.1) is 0 Å². The Labute approximate surface area is 135 Å². The van der Waals surface area contributed by atoms with E-state index in [1.807, 2.05) is 35.1 Å². The van der Waals surface area contributed by atoms with Gasteiger partial charge in [-0.2, -0.15) is 5.10 Å². The van der Waals surface area contributed by atoms with Crippen LogP contribution >= 0.6 is 0 Å². The molecule has 6 nitrogen and oxygen atoms in total. The fraction of sp³-hybridized carbons (Fsp3) is 0.375. The average molecular weight is 333 g/mol. The van der Waals surface area contributed by atoms with E-state index in [9.17, 15) is 13.2 Å². The molecule has 0 aliphatic carbocycles. The number of rotatable bonds is 6. The summed E-state index contributed by atoms with van der Waals surface area (Å²) in [7, 11) is -3.09. The second kappa shape index (κ2) is 6.54. The molecule has 7 heteroatoms. The van der Waals surface area contributed by atoms with Gasteiger partial charge in [0.1, 0.15) is 0 Å². The number of carbonyl (C=O) groups is 1. The third-order valence-electron chi connectivity index (χ3n) is 3.87. The normalized spacial score (nSPS) is 19.2. The van der Waals surface area contributed by atoms with Gasteiger partial charge < -0.3 is 5.32 Å². The summed E-state index contributed by atoms with van der Waals surface area (Å²) in [6.07, 6.45) is 4.43. The minimum absolute atomic E-state index is 0.0414. The quantitative estimate of drug-likeness (QED) is 0.812. The van der Waals surface area contributed by atoms with Gasteiger partial charge in [0.05, 0.1) is 17.5 Å². The Hall–Kier alpha value is -2.15. The highest BCUT2D eigenvalue weighted by atomic mass is 32.2. The lowest BCUT2D eigenvalue weighted by molar-refractivity contribution is -0.121. The van der Waals surface area contributed by atoms with Gasteiger partial charge in [0.15, 0.2) is 9.84 Å². The molecule has 0 saturated heterocycles. The zero-order valence-electron chi connectivity index (χ0n) is 12.7. The molecule has 0 spiro atoms. The monoisotopic (exact) mass is 333 g/mol. The number of hydrogen-bond donors (Lipinski definition) is 1. The number of benzene rings is 1. The zero-order valence-corrected chi connectivity index (χ0v) is 13.5. The van der Waals surface area contributed by atoms with Gasteiger partial charge in [-0.05, 0) is 12.5 Å². The van der Waals surface area contributed by atoms with Crippen molar-refractivity contribution in [2.24, 2.45) is 5.92 Å². The highest BCUT2D eigenvalue weighted by Crippen LogP contribution is 2.18. The van der Waals surface area contributed by atoms with E-state index in [-0.39, 0.29) is 24.0 Å². The van der Waals surface area contributed by atoms with Crippen molar-refractivity contribution in [3.8, 4) is 0 Å². The van der Waals surface area contributed by atoms with Crippen molar-refractivity contribution >= 4 is 26.6 Å². The van der Waals surface area contributed by atoms with E-state index in [0.717, 1.165) is 23.9 Å². The molecule has 2 aromatic rings. The van der Waals surface area contributed by atoms with Gasteiger partial charge in [0, 0.05) is 36.2 Å². The molecule has 23 heavy (non-hydrogen) atoms. The molecular weight excluding hydrogens is 314 g/mol. The van der Waals surface area contributed by atoms with Crippen LogP contribution in [0.3, 0.4) is 0 Å². The molecule has 1 aromatic carbocycles. The maximum atomic E-state index is 11.8. The molecule has 0 fully saturated rings. The first kappa shape index (κ1) is 15.7. The maximum absolute atomic E-state index is 11.8. The predicted molar refractivity (Wildman–Crippen MR) is 88.4 cm³/mol. The number of para-hydroxylation sites is 1. The van der Waals surface area contributed by atoms with Gasteiger partial charge in [0.25, 0.3) is 0 Å². The third kappa shape index (κ3) is 3.98. The van der Waals surface area contributed by atoms with E-state index in [4.69, 9.17) is 0 Å². The molecule has 1 aliphatic heterocycles. The standard InChI is InChI=1S/C16H19N3O3S/c20-16(10-13-6-9-23(21,22)12-13)17-7-3-8-19-15-5-2-1-4-14(15)11-18-19/h1-2,4-6,9,11,13H,3,7-8,10,12H2,(H,17,20). The van der Waals surface area contributed by atoms with E-state index in [0.29, 0.717) is 6.54 Å². The van der Waals surface area contributed by atoms with Gasteiger partial charge in [-0.1, -0.05) is 24.3 Å². The van der Waals surface area contributed by atoms with Crippen LogP contribution in [-0.2, 0) is 21.2 Å². The molecule has 1 aliphatic rings. The predicted octanol–water partition coefficient (Wildman–Crippen LogP) is 1.49. The van der Waals surface area contributed by atoms with Gasteiger partial charge in [-0.25, -0.2) is 8.42 Å². The zero-order chi connectivity index (χ0) is 16.3. The Morgan fingerprint density at radius 1 is 1.35 bits per heavy atom. The van der Waals surface area contributed by atoms with Crippen LogP contribution in [0, 0.1) is 5.92 Å². The second-order valence-electron chi connectivity index (χ2n) is 5.75. The molecule has 1 unspecified atom stereocenters. The Balaban J connectivity index is 1.41. The molecular formula is C16H19N3O3S. The number of nitrogens with zero attached hydrogens (tertiary/aromatic N) is 2. The first-order chi connectivity index (χ1) is 11.0. The van der Waals surface area contributed by atoms with Crippen molar-refractivity contribution < 1.29 is 13.2 Å². The molecule has 2 heterocycles. The Morgan fingerprint density at radius 2 is 2.17 bits per heavy atom. The summed E-state index contributed by atoms with van der Waals surface area (Å²) in [6, 6.07) is 8.00. The summed E-state index contributed by atoms with van der Waals surface area (Å²) in [5.41, 5.74) is 1.08. The topological polar surface area (TPSA) is 81.1 Å². The first-order valence-electron chi connectivity index (χ1n) is 7.62. The number of aryl methyl sites for hydroxylation is 1. The number of amides is 1. The van der Waals surface area contributed by atoms with Gasteiger partial charge in [0.2, 0.25) is 5.91 Å². The summed E-state index contributed by atoms with van der Waals surface area (Å²) in [6.45, 7) is 1.28. The van der Waals surface area contributed by atoms with Gasteiger partial charge >= 0.3 is 0 Å². The lowest BCUT2D eigenvalue weighted by Crippen LogP contribution is -2.27. The number of carbonyl (C=O) groups excluding carboxylic acids is 1. The van der Waals surface area contributed by atoms with Crippen molar-refractivity contribution in [2.75, 3.05) is 12.3 Å². The fourth-order valence-electron chi connectivity index (χ4n) is 2.74. The van der Waals surface area contributed by atoms with Crippen molar-refractivity contribution in [1.82, 2.24) is 15.1 Å². The SMILES string of the molecule is O=C(CC1C=CS(=O)(=O)C1)NCCCn1ncc2ccccc21. The summed E-state index contributed by atoms with van der Waals surface area (Å²) in [4.78, 5) is 11.8. The molecule has 1 amide bonds. The Bertz CT molecular complexity index is 839. The van der Waals surface area contributed by atoms with Crippen molar-refractivity contribution in [2.45, 2.75) is 19.4 Å². The average Bonchev–Trinajstić information content (AvgIpc) is 3.07. The Kier molecular flexibility index (Phi) is 4.47. The van der Waals surface area contributed by atoms with Crippen LogP contribution < -0.4 is 5.32 Å². The van der Waals surface area contributed by atoms with E-state index in [1.54, 1.807) is 6.08 Å². The summed E-state index contributed by atoms with van der Waals surface area (Å²) >= 11 is 0. The molecule has 1 N–H and O–H groups in total. The largest absolute Gasteiger partial charge is 0.356 e. The van der Waals surface area contributed by atoms with Crippen molar-refractivity contribution in [3.05, 3.63) is 41.9 Å². The first-order valence-corrected chi connectivity index (χ1v) is 9.33. The number of hydrogen-bond acceptors (Lipinski definition) is 4. The minimum atomic E-state index is -3.09. The highest BCUT2D eigenvalue weighted by molar-refractivity contribution is 7.94. The van der Waals surface area contributed by atoms with Crippen LogP contribution in [0.1, 0.15) is 12.8 Å². The van der Waals surface area contributed by atoms with Crippen LogP contribution in [-0.4, -0.2) is 36.4 Å². The number of allylic oxidation sites excluding steroid dienone is 1. The summed E-state index contributed by atoms with van der Waals surface area (Å²) < 4.78 is 24.5. The lowest BCUT2D eigenvalue weighted by atomic mass is 10.1. The van der Waals surface area contributed by atoms with Crippen LogP contribution in [0.4, 0.5) is 0 Å². The molecule has 1 aromatic heterocycles.